The van der Waals surface area contributed by atoms with Crippen LogP contribution in [0.4, 0.5) is 0 Å². The highest BCUT2D eigenvalue weighted by atomic mass is 16.5. The Bertz CT molecular complexity index is 799. The lowest BCUT2D eigenvalue weighted by Crippen LogP contribution is -2.19. The largest absolute Gasteiger partial charge is 0.496 e. The van der Waals surface area contributed by atoms with E-state index in [2.05, 4.69) is 72.9 Å². The number of methoxy groups -OCH3 is 1. The molecule has 1 unspecified atom stereocenters. The second kappa shape index (κ2) is 9.02. The summed E-state index contributed by atoms with van der Waals surface area (Å²) in [5.41, 5.74) is 4.87. The second-order valence-corrected chi connectivity index (χ2v) is 6.22. The van der Waals surface area contributed by atoms with Crippen LogP contribution in [0.25, 0.3) is 5.57 Å². The first-order valence-corrected chi connectivity index (χ1v) is 8.97. The van der Waals surface area contributed by atoms with E-state index in [1.54, 1.807) is 7.11 Å². The molecule has 3 aromatic rings. The average molecular weight is 343 g/mol. The molecule has 3 rings (SSSR count). The Morgan fingerprint density at radius 2 is 1.38 bits per heavy atom. The molecule has 0 amide bonds. The molecule has 0 bridgehead atoms. The lowest BCUT2D eigenvalue weighted by atomic mass is 9.97. The molecule has 26 heavy (non-hydrogen) atoms. The first-order valence-electron chi connectivity index (χ1n) is 8.97. The molecule has 0 spiro atoms. The third-order valence-electron chi connectivity index (χ3n) is 4.51. The van der Waals surface area contributed by atoms with Crippen molar-refractivity contribution < 1.29 is 4.74 Å². The summed E-state index contributed by atoms with van der Waals surface area (Å²) in [7, 11) is 1.72. The zero-order chi connectivity index (χ0) is 18.2. The Morgan fingerprint density at radius 1 is 0.846 bits per heavy atom. The highest BCUT2D eigenvalue weighted by Gasteiger charge is 2.10. The van der Waals surface area contributed by atoms with Crippen molar-refractivity contribution in [2.75, 3.05) is 13.7 Å². The highest BCUT2D eigenvalue weighted by Crippen LogP contribution is 2.25. The van der Waals surface area contributed by atoms with Gasteiger partial charge >= 0.3 is 0 Å². The van der Waals surface area contributed by atoms with Crippen molar-refractivity contribution in [2.45, 2.75) is 13.0 Å². The van der Waals surface area contributed by atoms with Gasteiger partial charge in [-0.2, -0.15) is 0 Å². The first kappa shape index (κ1) is 18.0. The van der Waals surface area contributed by atoms with Crippen molar-refractivity contribution in [1.29, 1.82) is 0 Å². The van der Waals surface area contributed by atoms with Crippen LogP contribution in [-0.4, -0.2) is 13.7 Å². The van der Waals surface area contributed by atoms with Gasteiger partial charge in [-0.05, 0) is 29.7 Å². The zero-order valence-electron chi connectivity index (χ0n) is 15.4. The smallest absolute Gasteiger partial charge is 0.123 e. The Hall–Kier alpha value is -2.84. The van der Waals surface area contributed by atoms with E-state index in [1.165, 1.54) is 22.3 Å². The fourth-order valence-electron chi connectivity index (χ4n) is 3.11. The van der Waals surface area contributed by atoms with E-state index in [4.69, 9.17) is 4.74 Å². The van der Waals surface area contributed by atoms with Crippen LogP contribution in [0.15, 0.2) is 91.0 Å². The molecule has 0 aromatic heterocycles. The number of hydrogen-bond acceptors (Lipinski definition) is 2. The molecule has 0 aliphatic heterocycles. The molecule has 132 valence electrons. The Morgan fingerprint density at radius 3 is 1.96 bits per heavy atom. The van der Waals surface area contributed by atoms with E-state index in [0.29, 0.717) is 0 Å². The van der Waals surface area contributed by atoms with Crippen LogP contribution in [0.1, 0.15) is 29.7 Å². The van der Waals surface area contributed by atoms with Crippen molar-refractivity contribution in [3.05, 3.63) is 108 Å². The minimum absolute atomic E-state index is 0.204. The van der Waals surface area contributed by atoms with Crippen LogP contribution in [0.3, 0.4) is 0 Å². The van der Waals surface area contributed by atoms with E-state index in [-0.39, 0.29) is 6.04 Å². The van der Waals surface area contributed by atoms with Gasteiger partial charge in [0, 0.05) is 18.2 Å². The quantitative estimate of drug-likeness (QED) is 0.613. The van der Waals surface area contributed by atoms with Crippen LogP contribution >= 0.6 is 0 Å². The van der Waals surface area contributed by atoms with Crippen LogP contribution in [-0.2, 0) is 0 Å². The lowest BCUT2D eigenvalue weighted by molar-refractivity contribution is 0.403. The molecule has 0 aliphatic rings. The van der Waals surface area contributed by atoms with Crippen LogP contribution in [0.2, 0.25) is 0 Å². The predicted octanol–water partition coefficient (Wildman–Crippen LogP) is 5.48. The third kappa shape index (κ3) is 4.41. The number of benzene rings is 3. The van der Waals surface area contributed by atoms with Gasteiger partial charge in [-0.3, -0.25) is 0 Å². The van der Waals surface area contributed by atoms with E-state index in [9.17, 15) is 0 Å². The topological polar surface area (TPSA) is 21.3 Å². The molecule has 0 saturated heterocycles. The Balaban J connectivity index is 1.79. The van der Waals surface area contributed by atoms with Gasteiger partial charge in [0.1, 0.15) is 5.75 Å². The normalized spacial score (nSPS) is 11.6. The zero-order valence-corrected chi connectivity index (χ0v) is 15.4. The van der Waals surface area contributed by atoms with Crippen LogP contribution < -0.4 is 10.1 Å². The number of ether oxygens (including phenoxy) is 1. The van der Waals surface area contributed by atoms with Crippen molar-refractivity contribution in [3.8, 4) is 5.75 Å². The molecular formula is C24H25NO. The van der Waals surface area contributed by atoms with Gasteiger partial charge in [0.15, 0.2) is 0 Å². The summed E-state index contributed by atoms with van der Waals surface area (Å²) in [6.45, 7) is 2.94. The number of rotatable bonds is 7. The summed E-state index contributed by atoms with van der Waals surface area (Å²) in [6, 6.07) is 29.4. The summed E-state index contributed by atoms with van der Waals surface area (Å²) in [4.78, 5) is 0. The molecule has 0 heterocycles. The molecule has 1 atom stereocenters. The molecule has 2 nitrogen and oxygen atoms in total. The van der Waals surface area contributed by atoms with E-state index < -0.39 is 0 Å². The third-order valence-corrected chi connectivity index (χ3v) is 4.51. The van der Waals surface area contributed by atoms with Gasteiger partial charge in [0.2, 0.25) is 0 Å². The van der Waals surface area contributed by atoms with Crippen molar-refractivity contribution >= 4 is 5.57 Å². The van der Waals surface area contributed by atoms with Crippen LogP contribution in [0, 0.1) is 0 Å². The van der Waals surface area contributed by atoms with Gasteiger partial charge in [-0.15, -0.1) is 0 Å². The molecule has 0 radical (unpaired) electrons. The number of para-hydroxylation sites is 1. The highest BCUT2D eigenvalue weighted by molar-refractivity contribution is 5.79. The number of nitrogens with one attached hydrogen (secondary N) is 1. The van der Waals surface area contributed by atoms with E-state index >= 15 is 0 Å². The van der Waals surface area contributed by atoms with E-state index in [1.807, 2.05) is 30.3 Å². The minimum atomic E-state index is 0.204. The van der Waals surface area contributed by atoms with E-state index in [0.717, 1.165) is 12.3 Å². The molecule has 1 N–H and O–H groups in total. The van der Waals surface area contributed by atoms with Gasteiger partial charge < -0.3 is 10.1 Å². The maximum atomic E-state index is 5.48. The summed E-state index contributed by atoms with van der Waals surface area (Å²) < 4.78 is 5.48. The van der Waals surface area contributed by atoms with Gasteiger partial charge in [0.05, 0.1) is 7.11 Å². The van der Waals surface area contributed by atoms with Crippen molar-refractivity contribution in [3.63, 3.8) is 0 Å². The predicted molar refractivity (Wildman–Crippen MR) is 109 cm³/mol. The monoisotopic (exact) mass is 343 g/mol. The summed E-state index contributed by atoms with van der Waals surface area (Å²) in [5.74, 6) is 0.919. The minimum Gasteiger partial charge on any atom is -0.496 e. The SMILES string of the molecule is COc1ccccc1C(C)NCC=C(c1ccccc1)c1ccccc1. The van der Waals surface area contributed by atoms with Gasteiger partial charge in [0.25, 0.3) is 0 Å². The van der Waals surface area contributed by atoms with Gasteiger partial charge in [-0.1, -0.05) is 84.9 Å². The standard InChI is InChI=1S/C24H25NO/c1-19(22-15-9-10-16-24(22)26-2)25-18-17-23(20-11-5-3-6-12-20)21-13-7-4-8-14-21/h3-17,19,25H,18H2,1-2H3. The maximum Gasteiger partial charge on any atom is 0.123 e. The fraction of sp³-hybridized carbons (Fsp3) is 0.167. The number of hydrogen-bond donors (Lipinski definition) is 1. The Kier molecular flexibility index (Phi) is 6.24. The van der Waals surface area contributed by atoms with Gasteiger partial charge in [-0.25, -0.2) is 0 Å². The molecular weight excluding hydrogens is 318 g/mol. The Labute approximate surface area is 156 Å². The van der Waals surface area contributed by atoms with Crippen molar-refractivity contribution in [1.82, 2.24) is 5.32 Å². The second-order valence-electron chi connectivity index (χ2n) is 6.22. The average Bonchev–Trinajstić information content (AvgIpc) is 2.72. The fourth-order valence-corrected chi connectivity index (χ4v) is 3.11. The lowest BCUT2D eigenvalue weighted by Gasteiger charge is -2.17. The molecule has 3 aromatic carbocycles. The summed E-state index contributed by atoms with van der Waals surface area (Å²) >= 11 is 0. The molecule has 2 heteroatoms. The summed E-state index contributed by atoms with van der Waals surface area (Å²) in [5, 5.41) is 3.59. The van der Waals surface area contributed by atoms with Crippen LogP contribution in [0.5, 0.6) is 5.75 Å². The first-order chi connectivity index (χ1) is 12.8. The molecule has 0 aliphatic carbocycles. The molecule has 0 fully saturated rings. The summed E-state index contributed by atoms with van der Waals surface area (Å²) in [6.07, 6.45) is 2.26. The van der Waals surface area contributed by atoms with Crippen molar-refractivity contribution in [2.24, 2.45) is 0 Å². The maximum absolute atomic E-state index is 5.48. The molecule has 0 saturated carbocycles.